The summed E-state index contributed by atoms with van der Waals surface area (Å²) in [6, 6.07) is 1.19. The van der Waals surface area contributed by atoms with Gasteiger partial charge in [0.05, 0.1) is 12.2 Å². The first-order chi connectivity index (χ1) is 4.92. The Balaban J connectivity index is 3.15. The highest BCUT2D eigenvalue weighted by atomic mass is 28.3. The fourth-order valence-corrected chi connectivity index (χ4v) is 1.07. The Kier molecular flexibility index (Phi) is 4.96. The van der Waals surface area contributed by atoms with E-state index in [1.807, 2.05) is 20.8 Å². The molecule has 0 saturated heterocycles. The van der Waals surface area contributed by atoms with Gasteiger partial charge in [-0.3, -0.25) is 0 Å². The topological polar surface area (TPSA) is 18.5 Å². The average Bonchev–Trinajstić information content (AvgIpc) is 1.78. The minimum Gasteiger partial charge on any atom is -0.237 e. The first kappa shape index (κ1) is 11.1. The van der Waals surface area contributed by atoms with E-state index in [0.29, 0.717) is 0 Å². The normalized spacial score (nSPS) is 12.5. The summed E-state index contributed by atoms with van der Waals surface area (Å²) in [6.07, 6.45) is 0. The van der Waals surface area contributed by atoms with E-state index >= 15 is 0 Å². The summed E-state index contributed by atoms with van der Waals surface area (Å²) in [5.41, 5.74) is -0.168. The van der Waals surface area contributed by atoms with E-state index in [4.69, 9.17) is 9.78 Å². The second kappa shape index (κ2) is 4.90. The summed E-state index contributed by atoms with van der Waals surface area (Å²) in [5, 5.41) is 0. The largest absolute Gasteiger partial charge is 0.237 e. The Hall–Kier alpha value is 0.137. The van der Waals surface area contributed by atoms with Crippen LogP contribution in [0.3, 0.4) is 0 Å². The summed E-state index contributed by atoms with van der Waals surface area (Å²) < 4.78 is 0. The van der Waals surface area contributed by atoms with Crippen molar-refractivity contribution >= 4 is 8.80 Å². The first-order valence-electron chi connectivity index (χ1n) is 4.22. The maximum atomic E-state index is 5.10. The Morgan fingerprint density at radius 1 is 1.18 bits per heavy atom. The summed E-state index contributed by atoms with van der Waals surface area (Å²) in [4.78, 5) is 10.1. The van der Waals surface area contributed by atoms with E-state index in [1.165, 1.54) is 6.04 Å². The Morgan fingerprint density at radius 3 is 2.09 bits per heavy atom. The van der Waals surface area contributed by atoms with Crippen LogP contribution in [0, 0.1) is 0 Å². The van der Waals surface area contributed by atoms with Gasteiger partial charge in [0.25, 0.3) is 0 Å². The third-order valence-electron chi connectivity index (χ3n) is 1.09. The van der Waals surface area contributed by atoms with Gasteiger partial charge in [-0.25, -0.2) is 9.78 Å². The zero-order valence-electron chi connectivity index (χ0n) is 8.31. The third kappa shape index (κ3) is 10.1. The van der Waals surface area contributed by atoms with E-state index in [9.17, 15) is 0 Å². The highest BCUT2D eigenvalue weighted by molar-refractivity contribution is 6.55. The smallest absolute Gasteiger partial charge is 0.0952 e. The molecule has 0 radical (unpaired) electrons. The van der Waals surface area contributed by atoms with E-state index in [-0.39, 0.29) is 5.60 Å². The zero-order chi connectivity index (χ0) is 8.91. The lowest BCUT2D eigenvalue weighted by Gasteiger charge is -2.17. The zero-order valence-corrected chi connectivity index (χ0v) is 9.46. The van der Waals surface area contributed by atoms with Gasteiger partial charge in [0.15, 0.2) is 0 Å². The Labute approximate surface area is 71.4 Å². The molecule has 0 atom stereocenters. The maximum absolute atomic E-state index is 5.10. The molecule has 0 N–H and O–H groups in total. The number of hydrogen-bond acceptors (Lipinski definition) is 2. The van der Waals surface area contributed by atoms with Crippen molar-refractivity contribution < 1.29 is 9.78 Å². The molecule has 68 valence electrons. The molecule has 0 aliphatic carbocycles. The van der Waals surface area contributed by atoms with Crippen molar-refractivity contribution in [1.82, 2.24) is 0 Å². The monoisotopic (exact) mass is 176 g/mol. The molecule has 0 fully saturated rings. The predicted octanol–water partition coefficient (Wildman–Crippen LogP) is 2.22. The third-order valence-corrected chi connectivity index (χ3v) is 2.48. The summed E-state index contributed by atoms with van der Waals surface area (Å²) >= 11 is 0. The van der Waals surface area contributed by atoms with Crippen LogP contribution in [0.4, 0.5) is 0 Å². The summed E-state index contributed by atoms with van der Waals surface area (Å²) in [7, 11) is -0.461. The fraction of sp³-hybridized carbons (Fsp3) is 1.00. The van der Waals surface area contributed by atoms with Gasteiger partial charge in [0.1, 0.15) is 0 Å². The van der Waals surface area contributed by atoms with Crippen LogP contribution in [0.15, 0.2) is 0 Å². The maximum Gasteiger partial charge on any atom is 0.0952 e. The minimum atomic E-state index is -0.461. The highest BCUT2D eigenvalue weighted by Gasteiger charge is 2.10. The predicted molar refractivity (Wildman–Crippen MR) is 50.5 cm³/mol. The molecule has 0 aliphatic heterocycles. The Bertz CT molecular complexity index is 96.8. The van der Waals surface area contributed by atoms with Gasteiger partial charge in [-0.15, -0.1) is 0 Å². The first-order valence-corrected chi connectivity index (χ1v) is 7.35. The molecular formula is C8H20O2Si. The second-order valence-corrected chi connectivity index (χ2v) is 7.57. The molecule has 3 heteroatoms. The van der Waals surface area contributed by atoms with Gasteiger partial charge >= 0.3 is 0 Å². The van der Waals surface area contributed by atoms with Gasteiger partial charge < -0.3 is 0 Å². The molecule has 11 heavy (non-hydrogen) atoms. The summed E-state index contributed by atoms with van der Waals surface area (Å²) in [6.45, 7) is 11.3. The van der Waals surface area contributed by atoms with Crippen LogP contribution < -0.4 is 0 Å². The van der Waals surface area contributed by atoms with Crippen LogP contribution in [0.1, 0.15) is 20.8 Å². The molecule has 2 nitrogen and oxygen atoms in total. The van der Waals surface area contributed by atoms with Crippen LogP contribution in [0.25, 0.3) is 0 Å². The molecule has 0 bridgehead atoms. The van der Waals surface area contributed by atoms with Crippen LogP contribution >= 0.6 is 0 Å². The lowest BCUT2D eigenvalue weighted by atomic mass is 10.2. The van der Waals surface area contributed by atoms with Gasteiger partial charge in [0, 0.05) is 8.80 Å². The van der Waals surface area contributed by atoms with Crippen molar-refractivity contribution in [2.24, 2.45) is 0 Å². The van der Waals surface area contributed by atoms with Crippen molar-refractivity contribution in [3.05, 3.63) is 0 Å². The van der Waals surface area contributed by atoms with Crippen molar-refractivity contribution in [3.63, 3.8) is 0 Å². The molecule has 0 aliphatic rings. The molecule has 0 aromatic rings. The van der Waals surface area contributed by atoms with Crippen LogP contribution in [-0.4, -0.2) is 21.0 Å². The van der Waals surface area contributed by atoms with Gasteiger partial charge in [-0.05, 0) is 26.8 Å². The highest BCUT2D eigenvalue weighted by Crippen LogP contribution is 2.07. The van der Waals surface area contributed by atoms with Crippen molar-refractivity contribution in [1.29, 1.82) is 0 Å². The standard InChI is InChI=1S/C8H20O2Si/c1-8(2,3)10-9-6-7-11(4)5/h11H,6-7H2,1-5H3. The van der Waals surface area contributed by atoms with Crippen LogP contribution in [-0.2, 0) is 9.78 Å². The Morgan fingerprint density at radius 2 is 1.73 bits per heavy atom. The molecule has 0 amide bonds. The molecule has 0 heterocycles. The second-order valence-electron chi connectivity index (χ2n) is 4.20. The van der Waals surface area contributed by atoms with Crippen molar-refractivity contribution in [3.8, 4) is 0 Å². The lowest BCUT2D eigenvalue weighted by Crippen LogP contribution is -2.20. The van der Waals surface area contributed by atoms with Crippen molar-refractivity contribution in [2.75, 3.05) is 6.61 Å². The number of rotatable bonds is 4. The van der Waals surface area contributed by atoms with E-state index in [2.05, 4.69) is 13.1 Å². The molecular weight excluding hydrogens is 156 g/mol. The molecule has 0 rings (SSSR count). The molecule has 0 aromatic carbocycles. The fourth-order valence-electron chi connectivity index (χ4n) is 0.502. The van der Waals surface area contributed by atoms with Crippen molar-refractivity contribution in [2.45, 2.75) is 45.5 Å². The minimum absolute atomic E-state index is 0.168. The van der Waals surface area contributed by atoms with E-state index < -0.39 is 8.80 Å². The molecule has 0 spiro atoms. The van der Waals surface area contributed by atoms with Gasteiger partial charge in [-0.1, -0.05) is 13.1 Å². The molecule has 0 saturated carbocycles. The van der Waals surface area contributed by atoms with Crippen LogP contribution in [0.2, 0.25) is 19.1 Å². The molecule has 0 aromatic heterocycles. The van der Waals surface area contributed by atoms with Crippen LogP contribution in [0.5, 0.6) is 0 Å². The quantitative estimate of drug-likeness (QED) is 0.283. The average molecular weight is 176 g/mol. The lowest BCUT2D eigenvalue weighted by molar-refractivity contribution is -0.345. The molecule has 0 unspecified atom stereocenters. The van der Waals surface area contributed by atoms with Gasteiger partial charge in [0.2, 0.25) is 0 Å². The van der Waals surface area contributed by atoms with E-state index in [0.717, 1.165) is 6.61 Å². The van der Waals surface area contributed by atoms with Gasteiger partial charge in [-0.2, -0.15) is 0 Å². The number of hydrogen-bond donors (Lipinski definition) is 0. The van der Waals surface area contributed by atoms with E-state index in [1.54, 1.807) is 0 Å². The SMILES string of the molecule is C[SiH](C)CCOOC(C)(C)C. The summed E-state index contributed by atoms with van der Waals surface area (Å²) in [5.74, 6) is 0.